The van der Waals surface area contributed by atoms with Crippen molar-refractivity contribution in [2.45, 2.75) is 25.8 Å². The summed E-state index contributed by atoms with van der Waals surface area (Å²) in [7, 11) is 0. The number of guanidine groups is 1. The van der Waals surface area contributed by atoms with Gasteiger partial charge in [-0.05, 0) is 12.5 Å². The Morgan fingerprint density at radius 2 is 2.28 bits per heavy atom. The Labute approximate surface area is 125 Å². The van der Waals surface area contributed by atoms with E-state index in [1.165, 1.54) is 0 Å². The van der Waals surface area contributed by atoms with Gasteiger partial charge in [0.25, 0.3) is 0 Å². The summed E-state index contributed by atoms with van der Waals surface area (Å²) in [6.07, 6.45) is 2.20. The minimum Gasteiger partial charge on any atom is -0.491 e. The smallest absolute Gasteiger partial charge is 0.189 e. The molecule has 18 heavy (non-hydrogen) atoms. The number of nitrogens with two attached hydrogens (primary N) is 1. The molecule has 0 fully saturated rings. The number of halogens is 1. The van der Waals surface area contributed by atoms with Crippen LogP contribution in [0.2, 0.25) is 0 Å². The van der Waals surface area contributed by atoms with E-state index in [1.807, 2.05) is 18.2 Å². The predicted octanol–water partition coefficient (Wildman–Crippen LogP) is 2.44. The quantitative estimate of drug-likeness (QED) is 0.375. The Hall–Kier alpha value is -0.980. The van der Waals surface area contributed by atoms with Gasteiger partial charge in [-0.25, -0.2) is 0 Å². The minimum atomic E-state index is 0. The first kappa shape index (κ1) is 15.1. The Morgan fingerprint density at radius 3 is 3.06 bits per heavy atom. The van der Waals surface area contributed by atoms with E-state index in [9.17, 15) is 0 Å². The summed E-state index contributed by atoms with van der Waals surface area (Å²) < 4.78 is 5.56. The van der Waals surface area contributed by atoms with Crippen molar-refractivity contribution in [2.75, 3.05) is 13.2 Å². The molecular formula is C13H20IN3O. The van der Waals surface area contributed by atoms with E-state index in [2.05, 4.69) is 23.3 Å². The van der Waals surface area contributed by atoms with Crippen LogP contribution in [0.25, 0.3) is 0 Å². The van der Waals surface area contributed by atoms with E-state index in [0.29, 0.717) is 12.6 Å². The van der Waals surface area contributed by atoms with Crippen LogP contribution in [0.1, 0.15) is 31.4 Å². The maximum Gasteiger partial charge on any atom is 0.189 e. The summed E-state index contributed by atoms with van der Waals surface area (Å²) in [5.41, 5.74) is 6.99. The molecule has 1 atom stereocenters. The Bertz CT molecular complexity index is 409. The molecule has 4 nitrogen and oxygen atoms in total. The highest BCUT2D eigenvalue weighted by Gasteiger charge is 2.23. The van der Waals surface area contributed by atoms with Crippen molar-refractivity contribution in [3.63, 3.8) is 0 Å². The number of aliphatic imine (C=N–C) groups is 1. The second-order valence-electron chi connectivity index (χ2n) is 4.17. The molecule has 1 unspecified atom stereocenters. The van der Waals surface area contributed by atoms with Crippen molar-refractivity contribution in [1.82, 2.24) is 5.32 Å². The lowest BCUT2D eigenvalue weighted by atomic mass is 10.1. The number of unbranched alkanes of at least 4 members (excludes halogenated alkanes) is 1. The third-order valence-electron chi connectivity index (χ3n) is 2.82. The number of benzene rings is 1. The van der Waals surface area contributed by atoms with Crippen LogP contribution >= 0.6 is 24.0 Å². The van der Waals surface area contributed by atoms with E-state index < -0.39 is 0 Å². The zero-order valence-corrected chi connectivity index (χ0v) is 12.9. The summed E-state index contributed by atoms with van der Waals surface area (Å²) in [6, 6.07) is 8.13. The lowest BCUT2D eigenvalue weighted by molar-refractivity contribution is 0.324. The first-order valence-electron chi connectivity index (χ1n) is 6.09. The molecule has 0 aliphatic carbocycles. The van der Waals surface area contributed by atoms with Crippen LogP contribution in [-0.4, -0.2) is 19.1 Å². The average Bonchev–Trinajstić information content (AvgIpc) is 2.73. The number of fused-ring (bicyclic) bond motifs is 1. The molecule has 5 heteroatoms. The highest BCUT2D eigenvalue weighted by atomic mass is 127. The van der Waals surface area contributed by atoms with Crippen LogP contribution in [0.5, 0.6) is 5.75 Å². The lowest BCUT2D eigenvalue weighted by Gasteiger charge is -2.12. The molecular weight excluding hydrogens is 341 g/mol. The van der Waals surface area contributed by atoms with Crippen LogP contribution in [-0.2, 0) is 0 Å². The van der Waals surface area contributed by atoms with Crippen LogP contribution in [0.4, 0.5) is 0 Å². The van der Waals surface area contributed by atoms with Crippen LogP contribution < -0.4 is 15.8 Å². The van der Waals surface area contributed by atoms with Crippen LogP contribution in [0, 0.1) is 0 Å². The van der Waals surface area contributed by atoms with Gasteiger partial charge in [0.15, 0.2) is 5.96 Å². The maximum absolute atomic E-state index is 5.83. The van der Waals surface area contributed by atoms with Gasteiger partial charge in [-0.2, -0.15) is 0 Å². The fourth-order valence-corrected chi connectivity index (χ4v) is 1.86. The van der Waals surface area contributed by atoms with E-state index in [0.717, 1.165) is 30.7 Å². The van der Waals surface area contributed by atoms with Crippen molar-refractivity contribution < 1.29 is 4.74 Å². The summed E-state index contributed by atoms with van der Waals surface area (Å²) in [4.78, 5) is 4.28. The van der Waals surface area contributed by atoms with Gasteiger partial charge in [0.05, 0.1) is 6.04 Å². The Balaban J connectivity index is 0.00000162. The van der Waals surface area contributed by atoms with E-state index in [-0.39, 0.29) is 30.0 Å². The molecule has 3 N–H and O–H groups in total. The van der Waals surface area contributed by atoms with Gasteiger partial charge in [-0.3, -0.25) is 4.99 Å². The lowest BCUT2D eigenvalue weighted by Crippen LogP contribution is -2.35. The number of para-hydroxylation sites is 1. The molecule has 1 aromatic carbocycles. The molecule has 0 saturated carbocycles. The number of hydrogen-bond acceptors (Lipinski definition) is 2. The third-order valence-corrected chi connectivity index (χ3v) is 2.82. The topological polar surface area (TPSA) is 59.6 Å². The fraction of sp³-hybridized carbons (Fsp3) is 0.462. The third kappa shape index (κ3) is 3.76. The molecule has 1 aliphatic rings. The number of rotatable bonds is 4. The molecule has 0 saturated heterocycles. The minimum absolute atomic E-state index is 0. The Kier molecular flexibility index (Phi) is 6.24. The summed E-state index contributed by atoms with van der Waals surface area (Å²) in [6.45, 7) is 3.54. The normalized spacial score (nSPS) is 17.6. The summed E-state index contributed by atoms with van der Waals surface area (Å²) >= 11 is 0. The Morgan fingerprint density at radius 1 is 1.50 bits per heavy atom. The van der Waals surface area contributed by atoms with E-state index >= 15 is 0 Å². The average molecular weight is 361 g/mol. The molecule has 0 amide bonds. The molecule has 0 aromatic heterocycles. The van der Waals surface area contributed by atoms with Gasteiger partial charge >= 0.3 is 0 Å². The highest BCUT2D eigenvalue weighted by molar-refractivity contribution is 14.0. The molecule has 0 bridgehead atoms. The van der Waals surface area contributed by atoms with Crippen molar-refractivity contribution in [3.05, 3.63) is 29.8 Å². The zero-order chi connectivity index (χ0) is 12.1. The SMILES string of the molecule is CCCCN=C(N)NC1COc2ccccc21.I. The monoisotopic (exact) mass is 361 g/mol. The molecule has 1 aromatic rings. The molecule has 1 heterocycles. The number of hydrogen-bond donors (Lipinski definition) is 2. The molecule has 1 aliphatic heterocycles. The van der Waals surface area contributed by atoms with E-state index in [1.54, 1.807) is 0 Å². The summed E-state index contributed by atoms with van der Waals surface area (Å²) in [5, 5.41) is 3.20. The molecule has 0 spiro atoms. The van der Waals surface area contributed by atoms with Gasteiger partial charge < -0.3 is 15.8 Å². The van der Waals surface area contributed by atoms with Gasteiger partial charge in [0.2, 0.25) is 0 Å². The first-order chi connectivity index (χ1) is 8.31. The van der Waals surface area contributed by atoms with Crippen molar-refractivity contribution in [1.29, 1.82) is 0 Å². The fourth-order valence-electron chi connectivity index (χ4n) is 1.86. The highest BCUT2D eigenvalue weighted by Crippen LogP contribution is 2.31. The van der Waals surface area contributed by atoms with Crippen LogP contribution in [0.3, 0.4) is 0 Å². The van der Waals surface area contributed by atoms with E-state index in [4.69, 9.17) is 10.5 Å². The first-order valence-corrected chi connectivity index (χ1v) is 6.09. The largest absolute Gasteiger partial charge is 0.491 e. The van der Waals surface area contributed by atoms with Gasteiger partial charge in [-0.15, -0.1) is 24.0 Å². The standard InChI is InChI=1S/C13H19N3O.HI/c1-2-3-8-15-13(14)16-11-9-17-12-7-5-4-6-10(11)12;/h4-7,11H,2-3,8-9H2,1H3,(H3,14,15,16);1H. The number of nitrogens with one attached hydrogen (secondary N) is 1. The second kappa shape index (κ2) is 7.45. The zero-order valence-electron chi connectivity index (χ0n) is 10.6. The second-order valence-corrected chi connectivity index (χ2v) is 4.17. The van der Waals surface area contributed by atoms with Crippen molar-refractivity contribution >= 4 is 29.9 Å². The maximum atomic E-state index is 5.83. The van der Waals surface area contributed by atoms with Gasteiger partial charge in [0.1, 0.15) is 12.4 Å². The van der Waals surface area contributed by atoms with Gasteiger partial charge in [-0.1, -0.05) is 31.5 Å². The van der Waals surface area contributed by atoms with Crippen LogP contribution in [0.15, 0.2) is 29.3 Å². The number of ether oxygens (including phenoxy) is 1. The summed E-state index contributed by atoms with van der Waals surface area (Å²) in [5.74, 6) is 1.44. The van der Waals surface area contributed by atoms with Gasteiger partial charge in [0, 0.05) is 12.1 Å². The molecule has 2 rings (SSSR count). The van der Waals surface area contributed by atoms with Crippen molar-refractivity contribution in [3.8, 4) is 5.75 Å². The molecule has 0 radical (unpaired) electrons. The predicted molar refractivity (Wildman–Crippen MR) is 84.6 cm³/mol. The molecule has 100 valence electrons. The number of nitrogens with zero attached hydrogens (tertiary/aromatic N) is 1. The van der Waals surface area contributed by atoms with Crippen molar-refractivity contribution in [2.24, 2.45) is 10.7 Å².